The summed E-state index contributed by atoms with van der Waals surface area (Å²) >= 11 is 0. The Hall–Kier alpha value is -0.120. The van der Waals surface area contributed by atoms with Gasteiger partial charge in [-0.25, -0.2) is 0 Å². The van der Waals surface area contributed by atoms with Crippen LogP contribution in [0.3, 0.4) is 0 Å². The number of hydroxylamine groups is 2. The number of unbranched alkanes of at least 4 members (excludes halogenated alkanes) is 28. The minimum Gasteiger partial charge on any atom is -0.274 e. The van der Waals surface area contributed by atoms with Gasteiger partial charge in [-0.1, -0.05) is 206 Å². The van der Waals surface area contributed by atoms with Gasteiger partial charge in [0, 0.05) is 0 Å². The smallest absolute Gasteiger partial charge is 0.0711 e. The van der Waals surface area contributed by atoms with Crippen LogP contribution in [0.25, 0.3) is 0 Å². The lowest BCUT2D eigenvalue weighted by molar-refractivity contribution is -0.368. The largest absolute Gasteiger partial charge is 0.274 e. The van der Waals surface area contributed by atoms with Gasteiger partial charge in [0.2, 0.25) is 0 Å². The van der Waals surface area contributed by atoms with E-state index in [4.69, 9.17) is 9.68 Å². The molecule has 0 atom stereocenters. The summed E-state index contributed by atoms with van der Waals surface area (Å²) in [4.78, 5) is 11.9. The van der Waals surface area contributed by atoms with Crippen molar-refractivity contribution in [2.24, 2.45) is 0 Å². The average Bonchev–Trinajstić information content (AvgIpc) is 2.96. The molecule has 0 fully saturated rings. The molecule has 0 amide bonds. The molecular formula is C37H77NO2. The molecule has 0 saturated carbocycles. The van der Waals surface area contributed by atoms with E-state index in [0.29, 0.717) is 0 Å². The van der Waals surface area contributed by atoms with Crippen LogP contribution in [0.15, 0.2) is 0 Å². The normalized spacial score (nSPS) is 11.7. The molecule has 0 aliphatic carbocycles. The molecule has 0 radical (unpaired) electrons. The van der Waals surface area contributed by atoms with Gasteiger partial charge >= 0.3 is 0 Å². The third-order valence-electron chi connectivity index (χ3n) is 8.37. The highest BCUT2D eigenvalue weighted by Gasteiger charge is 2.05. The number of hydrogen-bond donors (Lipinski definition) is 0. The van der Waals surface area contributed by atoms with E-state index < -0.39 is 0 Å². The Kier molecular flexibility index (Phi) is 36.8. The van der Waals surface area contributed by atoms with Crippen molar-refractivity contribution in [3.63, 3.8) is 0 Å². The van der Waals surface area contributed by atoms with Crippen LogP contribution < -0.4 is 0 Å². The summed E-state index contributed by atoms with van der Waals surface area (Å²) in [5.41, 5.74) is 0. The van der Waals surface area contributed by atoms with Gasteiger partial charge in [-0.2, -0.15) is 0 Å². The Labute approximate surface area is 254 Å². The van der Waals surface area contributed by atoms with Crippen LogP contribution in [-0.2, 0) is 9.68 Å². The molecule has 0 bridgehead atoms. The van der Waals surface area contributed by atoms with Gasteiger partial charge in [0.05, 0.1) is 19.8 Å². The molecule has 0 aromatic heterocycles. The Morgan fingerprint density at radius 3 is 0.725 bits per heavy atom. The van der Waals surface area contributed by atoms with Gasteiger partial charge in [0.25, 0.3) is 0 Å². The highest BCUT2D eigenvalue weighted by atomic mass is 16.9. The fourth-order valence-electron chi connectivity index (χ4n) is 5.63. The molecule has 0 saturated heterocycles. The van der Waals surface area contributed by atoms with Crippen LogP contribution in [0.5, 0.6) is 0 Å². The molecule has 3 nitrogen and oxygen atoms in total. The van der Waals surface area contributed by atoms with Crippen LogP contribution in [0.2, 0.25) is 0 Å². The highest BCUT2D eigenvalue weighted by Crippen LogP contribution is 2.15. The minimum atomic E-state index is 0.803. The van der Waals surface area contributed by atoms with Gasteiger partial charge in [-0.15, -0.1) is 0 Å². The van der Waals surface area contributed by atoms with E-state index in [0.717, 1.165) is 39.0 Å². The van der Waals surface area contributed by atoms with Gasteiger partial charge in [0.1, 0.15) is 0 Å². The SMILES string of the molecule is CCCCCCCCCCCCCCCCCCON(CCC)OCCCCCCCCCCCCCCCC. The lowest BCUT2D eigenvalue weighted by Gasteiger charge is -2.20. The fourth-order valence-corrected chi connectivity index (χ4v) is 5.63. The van der Waals surface area contributed by atoms with Crippen LogP contribution in [0, 0.1) is 0 Å². The van der Waals surface area contributed by atoms with Crippen molar-refractivity contribution in [2.75, 3.05) is 19.8 Å². The second-order valence-corrected chi connectivity index (χ2v) is 12.6. The second-order valence-electron chi connectivity index (χ2n) is 12.6. The predicted octanol–water partition coefficient (Wildman–Crippen LogP) is 13.3. The van der Waals surface area contributed by atoms with Crippen LogP contribution in [0.4, 0.5) is 0 Å². The summed E-state index contributed by atoms with van der Waals surface area (Å²) in [6.07, 6.45) is 43.1. The summed E-state index contributed by atoms with van der Waals surface area (Å²) < 4.78 is 0. The Balaban J connectivity index is 3.35. The van der Waals surface area contributed by atoms with E-state index in [2.05, 4.69) is 20.8 Å². The molecule has 0 rings (SSSR count). The van der Waals surface area contributed by atoms with Crippen LogP contribution >= 0.6 is 0 Å². The van der Waals surface area contributed by atoms with E-state index in [1.807, 2.05) is 0 Å². The molecule has 0 aromatic carbocycles. The zero-order chi connectivity index (χ0) is 29.0. The zero-order valence-electron chi connectivity index (χ0n) is 28.3. The molecule has 0 aromatic rings. The topological polar surface area (TPSA) is 21.7 Å². The van der Waals surface area contributed by atoms with Crippen molar-refractivity contribution >= 4 is 0 Å². The average molecular weight is 568 g/mol. The van der Waals surface area contributed by atoms with Crippen molar-refractivity contribution in [2.45, 2.75) is 220 Å². The first-order valence-corrected chi connectivity index (χ1v) is 18.9. The molecular weight excluding hydrogens is 490 g/mol. The van der Waals surface area contributed by atoms with E-state index in [1.165, 1.54) is 180 Å². The van der Waals surface area contributed by atoms with E-state index in [1.54, 1.807) is 5.23 Å². The first-order chi connectivity index (χ1) is 19.8. The van der Waals surface area contributed by atoms with Gasteiger partial charge in [-0.05, 0) is 19.3 Å². The molecule has 0 aliphatic rings. The molecule has 0 spiro atoms. The zero-order valence-corrected chi connectivity index (χ0v) is 28.3. The number of hydrogen-bond acceptors (Lipinski definition) is 3. The standard InChI is InChI=1S/C37H77NO2/c1-4-7-9-11-13-15-17-19-21-22-24-26-28-30-32-34-37-40-38(35-6-3)39-36-33-31-29-27-25-23-20-18-16-14-12-10-8-5-2/h4-37H2,1-3H3. The van der Waals surface area contributed by atoms with E-state index >= 15 is 0 Å². The Morgan fingerprint density at radius 2 is 0.500 bits per heavy atom. The third-order valence-corrected chi connectivity index (χ3v) is 8.37. The van der Waals surface area contributed by atoms with Gasteiger partial charge in [0.15, 0.2) is 0 Å². The molecule has 242 valence electrons. The number of nitrogens with zero attached hydrogens (tertiary/aromatic N) is 1. The predicted molar refractivity (Wildman–Crippen MR) is 179 cm³/mol. The monoisotopic (exact) mass is 568 g/mol. The maximum atomic E-state index is 5.93. The Morgan fingerprint density at radius 1 is 0.275 bits per heavy atom. The number of rotatable bonds is 36. The van der Waals surface area contributed by atoms with E-state index in [9.17, 15) is 0 Å². The summed E-state index contributed by atoms with van der Waals surface area (Å²) in [6.45, 7) is 9.27. The summed E-state index contributed by atoms with van der Waals surface area (Å²) in [6, 6.07) is 0. The van der Waals surface area contributed by atoms with Crippen molar-refractivity contribution in [1.29, 1.82) is 0 Å². The summed E-state index contributed by atoms with van der Waals surface area (Å²) in [7, 11) is 0. The fraction of sp³-hybridized carbons (Fsp3) is 1.00. The minimum absolute atomic E-state index is 0.803. The van der Waals surface area contributed by atoms with Crippen LogP contribution in [-0.4, -0.2) is 25.0 Å². The van der Waals surface area contributed by atoms with Crippen molar-refractivity contribution in [3.05, 3.63) is 0 Å². The first-order valence-electron chi connectivity index (χ1n) is 18.9. The third kappa shape index (κ3) is 34.1. The second kappa shape index (κ2) is 36.9. The summed E-state index contributed by atoms with van der Waals surface area (Å²) in [5, 5.41) is 1.77. The van der Waals surface area contributed by atoms with Crippen LogP contribution in [0.1, 0.15) is 220 Å². The maximum Gasteiger partial charge on any atom is 0.0711 e. The van der Waals surface area contributed by atoms with E-state index in [-0.39, 0.29) is 0 Å². The molecule has 40 heavy (non-hydrogen) atoms. The maximum absolute atomic E-state index is 5.93. The molecule has 0 heterocycles. The van der Waals surface area contributed by atoms with Crippen molar-refractivity contribution in [3.8, 4) is 0 Å². The van der Waals surface area contributed by atoms with Crippen molar-refractivity contribution < 1.29 is 9.68 Å². The molecule has 0 N–H and O–H groups in total. The lowest BCUT2D eigenvalue weighted by Crippen LogP contribution is -2.26. The molecule has 3 heteroatoms. The Bertz CT molecular complexity index is 430. The molecule has 0 aliphatic heterocycles. The highest BCUT2D eigenvalue weighted by molar-refractivity contribution is 4.51. The summed E-state index contributed by atoms with van der Waals surface area (Å²) in [5.74, 6) is 0. The first kappa shape index (κ1) is 39.9. The van der Waals surface area contributed by atoms with Crippen molar-refractivity contribution in [1.82, 2.24) is 5.23 Å². The lowest BCUT2D eigenvalue weighted by atomic mass is 10.0. The van der Waals surface area contributed by atoms with Gasteiger partial charge < -0.3 is 0 Å². The quantitative estimate of drug-likeness (QED) is 0.0555. The molecule has 0 unspecified atom stereocenters. The van der Waals surface area contributed by atoms with Gasteiger partial charge in [-0.3, -0.25) is 9.68 Å².